The summed E-state index contributed by atoms with van der Waals surface area (Å²) in [5.74, 6) is -0.0319. The second-order valence-electron chi connectivity index (χ2n) is 4.97. The zero-order valence-corrected chi connectivity index (χ0v) is 11.8. The Morgan fingerprint density at radius 2 is 2.16 bits per heavy atom. The fourth-order valence-electron chi connectivity index (χ4n) is 2.10. The Kier molecular flexibility index (Phi) is 3.85. The fourth-order valence-corrected chi connectivity index (χ4v) is 3.31. The van der Waals surface area contributed by atoms with E-state index < -0.39 is 10.7 Å². The first-order chi connectivity index (χ1) is 8.92. The number of anilines is 1. The SMILES string of the molecule is Cc1ccc(C(=O)O)cc1NC(=O)C1(C)CCCS1. The molecule has 1 aliphatic heterocycles. The quantitative estimate of drug-likeness (QED) is 0.892. The van der Waals surface area contributed by atoms with E-state index in [2.05, 4.69) is 5.32 Å². The number of carbonyl (C=O) groups is 2. The van der Waals surface area contributed by atoms with Gasteiger partial charge < -0.3 is 10.4 Å². The van der Waals surface area contributed by atoms with Gasteiger partial charge >= 0.3 is 5.97 Å². The van der Waals surface area contributed by atoms with E-state index in [0.717, 1.165) is 24.2 Å². The predicted octanol–water partition coefficient (Wildman–Crippen LogP) is 2.92. The Balaban J connectivity index is 2.20. The molecule has 5 heteroatoms. The number of carbonyl (C=O) groups excluding carboxylic acids is 1. The number of rotatable bonds is 3. The van der Waals surface area contributed by atoms with E-state index in [9.17, 15) is 9.59 Å². The smallest absolute Gasteiger partial charge is 0.335 e. The third kappa shape index (κ3) is 2.92. The summed E-state index contributed by atoms with van der Waals surface area (Å²) in [5, 5.41) is 11.8. The molecule has 1 fully saturated rings. The summed E-state index contributed by atoms with van der Waals surface area (Å²) in [4.78, 5) is 23.2. The third-order valence-electron chi connectivity index (χ3n) is 3.43. The third-order valence-corrected chi connectivity index (χ3v) is 4.95. The van der Waals surface area contributed by atoms with Crippen LogP contribution in [-0.4, -0.2) is 27.5 Å². The number of thioether (sulfide) groups is 1. The summed E-state index contributed by atoms with van der Waals surface area (Å²) in [6, 6.07) is 4.76. The van der Waals surface area contributed by atoms with Crippen molar-refractivity contribution in [1.82, 2.24) is 0 Å². The van der Waals surface area contributed by atoms with Crippen molar-refractivity contribution in [1.29, 1.82) is 0 Å². The van der Waals surface area contributed by atoms with Crippen LogP contribution >= 0.6 is 11.8 Å². The van der Waals surface area contributed by atoms with E-state index in [1.807, 2.05) is 13.8 Å². The molecule has 1 saturated heterocycles. The molecule has 1 heterocycles. The van der Waals surface area contributed by atoms with E-state index in [1.165, 1.54) is 6.07 Å². The highest BCUT2D eigenvalue weighted by Crippen LogP contribution is 2.38. The molecular weight excluding hydrogens is 262 g/mol. The summed E-state index contributed by atoms with van der Waals surface area (Å²) in [7, 11) is 0. The van der Waals surface area contributed by atoms with Gasteiger partial charge in [-0.25, -0.2) is 4.79 Å². The van der Waals surface area contributed by atoms with Crippen molar-refractivity contribution in [2.45, 2.75) is 31.4 Å². The van der Waals surface area contributed by atoms with Crippen LogP contribution in [-0.2, 0) is 4.79 Å². The Hall–Kier alpha value is -1.49. The van der Waals surface area contributed by atoms with Crippen molar-refractivity contribution in [3.63, 3.8) is 0 Å². The average molecular weight is 279 g/mol. The van der Waals surface area contributed by atoms with Gasteiger partial charge in [0.15, 0.2) is 0 Å². The average Bonchev–Trinajstić information content (AvgIpc) is 2.80. The lowest BCUT2D eigenvalue weighted by atomic mass is 10.0. The van der Waals surface area contributed by atoms with Gasteiger partial charge in [-0.1, -0.05) is 6.07 Å². The Bertz CT molecular complexity index is 521. The van der Waals surface area contributed by atoms with E-state index in [4.69, 9.17) is 5.11 Å². The van der Waals surface area contributed by atoms with E-state index in [-0.39, 0.29) is 11.5 Å². The van der Waals surface area contributed by atoms with Gasteiger partial charge in [-0.15, -0.1) is 11.8 Å². The molecule has 19 heavy (non-hydrogen) atoms. The van der Waals surface area contributed by atoms with Crippen LogP contribution in [0.5, 0.6) is 0 Å². The molecule has 0 aromatic heterocycles. The Morgan fingerprint density at radius 1 is 1.42 bits per heavy atom. The molecule has 0 saturated carbocycles. The highest BCUT2D eigenvalue weighted by Gasteiger charge is 2.37. The van der Waals surface area contributed by atoms with Gasteiger partial charge in [0.1, 0.15) is 0 Å². The minimum absolute atomic E-state index is 0.0411. The molecule has 1 aromatic rings. The molecule has 1 unspecified atom stereocenters. The fraction of sp³-hybridized carbons (Fsp3) is 0.429. The highest BCUT2D eigenvalue weighted by atomic mass is 32.2. The number of hydrogen-bond donors (Lipinski definition) is 2. The molecule has 4 nitrogen and oxygen atoms in total. The molecule has 0 spiro atoms. The van der Waals surface area contributed by atoms with E-state index in [1.54, 1.807) is 23.9 Å². The minimum Gasteiger partial charge on any atom is -0.478 e. The molecule has 1 atom stereocenters. The molecule has 102 valence electrons. The molecule has 2 N–H and O–H groups in total. The van der Waals surface area contributed by atoms with Gasteiger partial charge in [0, 0.05) is 5.69 Å². The standard InChI is InChI=1S/C14H17NO3S/c1-9-4-5-10(12(16)17)8-11(9)15-13(18)14(2)6-3-7-19-14/h4-5,8H,3,6-7H2,1-2H3,(H,15,18)(H,16,17). The molecular formula is C14H17NO3S. The molecule has 1 amide bonds. The number of amides is 1. The van der Waals surface area contributed by atoms with Crippen LogP contribution in [0.3, 0.4) is 0 Å². The number of benzene rings is 1. The first-order valence-electron chi connectivity index (χ1n) is 6.22. The number of carboxylic acids is 1. The van der Waals surface area contributed by atoms with Crippen molar-refractivity contribution in [3.05, 3.63) is 29.3 Å². The highest BCUT2D eigenvalue weighted by molar-refractivity contribution is 8.01. The van der Waals surface area contributed by atoms with Crippen molar-refractivity contribution in [3.8, 4) is 0 Å². The second kappa shape index (κ2) is 5.25. The summed E-state index contributed by atoms with van der Waals surface area (Å²) in [6.07, 6.45) is 1.91. The summed E-state index contributed by atoms with van der Waals surface area (Å²) < 4.78 is -0.397. The zero-order valence-electron chi connectivity index (χ0n) is 11.0. The maximum atomic E-state index is 12.3. The maximum absolute atomic E-state index is 12.3. The normalized spacial score (nSPS) is 22.2. The van der Waals surface area contributed by atoms with Crippen molar-refractivity contribution in [2.24, 2.45) is 0 Å². The van der Waals surface area contributed by atoms with Crippen LogP contribution in [0.1, 0.15) is 35.7 Å². The van der Waals surface area contributed by atoms with Crippen LogP contribution < -0.4 is 5.32 Å². The van der Waals surface area contributed by atoms with Crippen LogP contribution in [0.25, 0.3) is 0 Å². The molecule has 0 aliphatic carbocycles. The number of aryl methyl sites for hydroxylation is 1. The predicted molar refractivity (Wildman–Crippen MR) is 76.9 cm³/mol. The second-order valence-corrected chi connectivity index (χ2v) is 6.57. The van der Waals surface area contributed by atoms with Crippen molar-refractivity contribution >= 4 is 29.3 Å². The summed E-state index contributed by atoms with van der Waals surface area (Å²) in [6.45, 7) is 3.79. The number of hydrogen-bond acceptors (Lipinski definition) is 3. The number of carboxylic acid groups (broad SMARTS) is 1. The topological polar surface area (TPSA) is 66.4 Å². The van der Waals surface area contributed by atoms with Crippen molar-refractivity contribution in [2.75, 3.05) is 11.1 Å². The maximum Gasteiger partial charge on any atom is 0.335 e. The lowest BCUT2D eigenvalue weighted by Crippen LogP contribution is -2.34. The minimum atomic E-state index is -0.989. The van der Waals surface area contributed by atoms with Crippen LogP contribution in [0.2, 0.25) is 0 Å². The lowest BCUT2D eigenvalue weighted by molar-refractivity contribution is -0.118. The first-order valence-corrected chi connectivity index (χ1v) is 7.20. The van der Waals surface area contributed by atoms with Gasteiger partial charge in [-0.05, 0) is 50.1 Å². The van der Waals surface area contributed by atoms with Crippen LogP contribution in [0, 0.1) is 6.92 Å². The van der Waals surface area contributed by atoms with E-state index in [0.29, 0.717) is 5.69 Å². The Labute approximate surface area is 116 Å². The van der Waals surface area contributed by atoms with Crippen LogP contribution in [0.15, 0.2) is 18.2 Å². The number of aromatic carboxylic acids is 1. The van der Waals surface area contributed by atoms with E-state index >= 15 is 0 Å². The molecule has 0 radical (unpaired) electrons. The van der Waals surface area contributed by atoms with Gasteiger partial charge in [-0.3, -0.25) is 4.79 Å². The monoisotopic (exact) mass is 279 g/mol. The van der Waals surface area contributed by atoms with Gasteiger partial charge in [0.05, 0.1) is 10.3 Å². The molecule has 1 aliphatic rings. The van der Waals surface area contributed by atoms with Crippen LogP contribution in [0.4, 0.5) is 5.69 Å². The molecule has 1 aromatic carbocycles. The summed E-state index contributed by atoms with van der Waals surface area (Å²) >= 11 is 1.66. The lowest BCUT2D eigenvalue weighted by Gasteiger charge is -2.22. The summed E-state index contributed by atoms with van der Waals surface area (Å²) in [5.41, 5.74) is 1.63. The Morgan fingerprint density at radius 3 is 2.74 bits per heavy atom. The first kappa shape index (κ1) is 13.9. The molecule has 0 bridgehead atoms. The van der Waals surface area contributed by atoms with Gasteiger partial charge in [-0.2, -0.15) is 0 Å². The molecule has 2 rings (SSSR count). The number of nitrogens with one attached hydrogen (secondary N) is 1. The van der Waals surface area contributed by atoms with Crippen molar-refractivity contribution < 1.29 is 14.7 Å². The zero-order chi connectivity index (χ0) is 14.0. The van der Waals surface area contributed by atoms with Gasteiger partial charge in [0.2, 0.25) is 5.91 Å². The van der Waals surface area contributed by atoms with Gasteiger partial charge in [0.25, 0.3) is 0 Å². The largest absolute Gasteiger partial charge is 0.478 e.